The monoisotopic (exact) mass is 349 g/mol. The summed E-state index contributed by atoms with van der Waals surface area (Å²) in [5.41, 5.74) is 4.18. The van der Waals surface area contributed by atoms with Gasteiger partial charge in [-0.1, -0.05) is 29.8 Å². The first kappa shape index (κ1) is 16.3. The molecule has 0 aliphatic carbocycles. The van der Waals surface area contributed by atoms with Crippen molar-refractivity contribution < 1.29 is 9.53 Å². The van der Waals surface area contributed by atoms with Gasteiger partial charge in [0.15, 0.2) is 5.82 Å². The fraction of sp³-hybridized carbons (Fsp3) is 0.263. The number of hydrogen-bond acceptors (Lipinski definition) is 5. The maximum absolute atomic E-state index is 12.4. The molecule has 0 spiro atoms. The van der Waals surface area contributed by atoms with Crippen LogP contribution in [0.3, 0.4) is 0 Å². The summed E-state index contributed by atoms with van der Waals surface area (Å²) in [4.78, 5) is 12.4. The van der Waals surface area contributed by atoms with Crippen LogP contribution in [0, 0.1) is 13.8 Å². The molecule has 0 saturated carbocycles. The van der Waals surface area contributed by atoms with Crippen LogP contribution in [-0.4, -0.2) is 33.0 Å². The first-order valence-corrected chi connectivity index (χ1v) is 8.41. The average Bonchev–Trinajstić information content (AvgIpc) is 2.98. The molecule has 3 aromatic rings. The number of rotatable bonds is 3. The number of methoxy groups -OCH3 is 1. The fourth-order valence-electron chi connectivity index (χ4n) is 3.33. The van der Waals surface area contributed by atoms with Gasteiger partial charge in [-0.3, -0.25) is 4.79 Å². The maximum atomic E-state index is 12.4. The molecule has 0 saturated heterocycles. The summed E-state index contributed by atoms with van der Waals surface area (Å²) in [5, 5.41) is 15.7. The average molecular weight is 349 g/mol. The van der Waals surface area contributed by atoms with Crippen molar-refractivity contribution in [1.82, 2.24) is 20.0 Å². The Morgan fingerprint density at radius 3 is 2.54 bits per heavy atom. The predicted octanol–water partition coefficient (Wildman–Crippen LogP) is 2.76. The topological polar surface area (TPSA) is 81.9 Å². The standard InChI is InChI=1S/C19H19N5O2/c1-11-4-6-13(7-5-11)14-10-16(25)20-19-18(14)12(2)23-24(19)15-8-9-17(26-3)22-21-15/h4-9,14H,10H2,1-3H3,(H,20,25). The number of anilines is 1. The van der Waals surface area contributed by atoms with Crippen LogP contribution in [0.25, 0.3) is 5.82 Å². The third kappa shape index (κ3) is 2.71. The molecule has 1 aromatic carbocycles. The van der Waals surface area contributed by atoms with Crippen LogP contribution in [0.15, 0.2) is 36.4 Å². The summed E-state index contributed by atoms with van der Waals surface area (Å²) in [6, 6.07) is 11.8. The zero-order chi connectivity index (χ0) is 18.3. The summed E-state index contributed by atoms with van der Waals surface area (Å²) < 4.78 is 6.69. The Bertz CT molecular complexity index is 961. The Balaban J connectivity index is 1.82. The van der Waals surface area contributed by atoms with Gasteiger partial charge in [0, 0.05) is 24.0 Å². The second-order valence-electron chi connectivity index (χ2n) is 6.41. The molecular formula is C19H19N5O2. The molecule has 4 rings (SSSR count). The molecule has 7 heteroatoms. The molecule has 1 N–H and O–H groups in total. The van der Waals surface area contributed by atoms with Gasteiger partial charge in [-0.15, -0.1) is 10.2 Å². The molecule has 132 valence electrons. The first-order valence-electron chi connectivity index (χ1n) is 8.41. The van der Waals surface area contributed by atoms with Crippen molar-refractivity contribution in [1.29, 1.82) is 0 Å². The Morgan fingerprint density at radius 1 is 1.12 bits per heavy atom. The van der Waals surface area contributed by atoms with Gasteiger partial charge in [0.05, 0.1) is 12.8 Å². The quantitative estimate of drug-likeness (QED) is 0.786. The largest absolute Gasteiger partial charge is 0.480 e. The van der Waals surface area contributed by atoms with E-state index in [0.29, 0.717) is 23.9 Å². The maximum Gasteiger partial charge on any atom is 0.233 e. The van der Waals surface area contributed by atoms with Crippen LogP contribution >= 0.6 is 0 Å². The number of hydrogen-bond donors (Lipinski definition) is 1. The number of benzene rings is 1. The van der Waals surface area contributed by atoms with Gasteiger partial charge in [-0.2, -0.15) is 9.78 Å². The molecule has 0 radical (unpaired) electrons. The van der Waals surface area contributed by atoms with E-state index >= 15 is 0 Å². The number of aromatic nitrogens is 4. The number of nitrogens with zero attached hydrogens (tertiary/aromatic N) is 4. The Kier molecular flexibility index (Phi) is 3.91. The van der Waals surface area contributed by atoms with Gasteiger partial charge < -0.3 is 10.1 Å². The number of carbonyl (C=O) groups excluding carboxylic acids is 1. The zero-order valence-corrected chi connectivity index (χ0v) is 14.9. The van der Waals surface area contributed by atoms with Crippen LogP contribution in [0.5, 0.6) is 5.88 Å². The molecular weight excluding hydrogens is 330 g/mol. The molecule has 0 bridgehead atoms. The first-order chi connectivity index (χ1) is 12.6. The van der Waals surface area contributed by atoms with Gasteiger partial charge in [0.1, 0.15) is 5.82 Å². The lowest BCUT2D eigenvalue weighted by Gasteiger charge is -2.24. The Hall–Kier alpha value is -3.22. The van der Waals surface area contributed by atoms with E-state index in [1.54, 1.807) is 16.8 Å². The lowest BCUT2D eigenvalue weighted by Crippen LogP contribution is -2.25. The van der Waals surface area contributed by atoms with E-state index in [0.717, 1.165) is 16.8 Å². The highest BCUT2D eigenvalue weighted by Gasteiger charge is 2.32. The van der Waals surface area contributed by atoms with Gasteiger partial charge >= 0.3 is 0 Å². The molecule has 1 unspecified atom stereocenters. The molecule has 1 atom stereocenters. The highest BCUT2D eigenvalue weighted by Crippen LogP contribution is 2.40. The van der Waals surface area contributed by atoms with Crippen LogP contribution in [0.2, 0.25) is 0 Å². The van der Waals surface area contributed by atoms with Crippen molar-refractivity contribution in [3.63, 3.8) is 0 Å². The fourth-order valence-corrected chi connectivity index (χ4v) is 3.33. The van der Waals surface area contributed by atoms with Gasteiger partial charge in [-0.25, -0.2) is 0 Å². The summed E-state index contributed by atoms with van der Waals surface area (Å²) in [5.74, 6) is 1.54. The number of fused-ring (bicyclic) bond motifs is 1. The third-order valence-corrected chi connectivity index (χ3v) is 4.63. The lowest BCUT2D eigenvalue weighted by molar-refractivity contribution is -0.116. The molecule has 26 heavy (non-hydrogen) atoms. The SMILES string of the molecule is COc1ccc(-n2nc(C)c3c2NC(=O)CC3c2ccc(C)cc2)nn1. The lowest BCUT2D eigenvalue weighted by atomic mass is 9.85. The van der Waals surface area contributed by atoms with Crippen molar-refractivity contribution in [2.45, 2.75) is 26.2 Å². The van der Waals surface area contributed by atoms with E-state index < -0.39 is 0 Å². The Labute approximate surface area is 151 Å². The molecule has 1 amide bonds. The van der Waals surface area contributed by atoms with Crippen molar-refractivity contribution in [3.05, 3.63) is 58.8 Å². The minimum Gasteiger partial charge on any atom is -0.480 e. The zero-order valence-electron chi connectivity index (χ0n) is 14.9. The smallest absolute Gasteiger partial charge is 0.233 e. The molecule has 1 aliphatic rings. The van der Waals surface area contributed by atoms with E-state index in [2.05, 4.69) is 51.8 Å². The van der Waals surface area contributed by atoms with Crippen LogP contribution < -0.4 is 10.1 Å². The molecule has 1 aliphatic heterocycles. The van der Waals surface area contributed by atoms with Gasteiger partial charge in [0.2, 0.25) is 11.8 Å². The molecule has 0 fully saturated rings. The minimum absolute atomic E-state index is 0.0284. The van der Waals surface area contributed by atoms with E-state index in [4.69, 9.17) is 4.74 Å². The summed E-state index contributed by atoms with van der Waals surface area (Å²) in [6.45, 7) is 4.00. The van der Waals surface area contributed by atoms with Crippen molar-refractivity contribution in [2.24, 2.45) is 0 Å². The summed E-state index contributed by atoms with van der Waals surface area (Å²) in [6.07, 6.45) is 0.400. The van der Waals surface area contributed by atoms with Crippen molar-refractivity contribution in [2.75, 3.05) is 12.4 Å². The van der Waals surface area contributed by atoms with E-state index in [1.165, 1.54) is 12.7 Å². The number of amides is 1. The number of nitrogens with one attached hydrogen (secondary N) is 1. The number of ether oxygens (including phenoxy) is 1. The highest BCUT2D eigenvalue weighted by atomic mass is 16.5. The second kappa shape index (κ2) is 6.25. The predicted molar refractivity (Wildman–Crippen MR) is 96.7 cm³/mol. The van der Waals surface area contributed by atoms with Gasteiger partial charge in [0.25, 0.3) is 0 Å². The van der Waals surface area contributed by atoms with Crippen molar-refractivity contribution >= 4 is 11.7 Å². The summed E-state index contributed by atoms with van der Waals surface area (Å²) >= 11 is 0. The van der Waals surface area contributed by atoms with Crippen LogP contribution in [-0.2, 0) is 4.79 Å². The van der Waals surface area contributed by atoms with Crippen LogP contribution in [0.1, 0.15) is 34.7 Å². The number of aryl methyl sites for hydroxylation is 2. The van der Waals surface area contributed by atoms with E-state index in [9.17, 15) is 4.79 Å². The third-order valence-electron chi connectivity index (χ3n) is 4.63. The van der Waals surface area contributed by atoms with Crippen molar-refractivity contribution in [3.8, 4) is 11.7 Å². The number of carbonyl (C=O) groups is 1. The van der Waals surface area contributed by atoms with E-state index in [-0.39, 0.29) is 11.8 Å². The minimum atomic E-state index is -0.0364. The highest BCUT2D eigenvalue weighted by molar-refractivity contribution is 5.95. The second-order valence-corrected chi connectivity index (χ2v) is 6.41. The van der Waals surface area contributed by atoms with Crippen LogP contribution in [0.4, 0.5) is 5.82 Å². The molecule has 2 aromatic heterocycles. The Morgan fingerprint density at radius 2 is 1.88 bits per heavy atom. The van der Waals surface area contributed by atoms with E-state index in [1.807, 2.05) is 6.92 Å². The summed E-state index contributed by atoms with van der Waals surface area (Å²) in [7, 11) is 1.54. The molecule has 7 nitrogen and oxygen atoms in total. The van der Waals surface area contributed by atoms with Gasteiger partial charge in [-0.05, 0) is 25.5 Å². The molecule has 3 heterocycles. The normalized spacial score (nSPS) is 16.1.